The van der Waals surface area contributed by atoms with Gasteiger partial charge in [-0.2, -0.15) is 0 Å². The van der Waals surface area contributed by atoms with Crippen molar-refractivity contribution in [3.05, 3.63) is 42.2 Å². The summed E-state index contributed by atoms with van der Waals surface area (Å²) in [6, 6.07) is 5.82. The second kappa shape index (κ2) is 5.07. The van der Waals surface area contributed by atoms with Gasteiger partial charge in [0, 0.05) is 5.69 Å². The van der Waals surface area contributed by atoms with Gasteiger partial charge in [-0.05, 0) is 37.1 Å². The van der Waals surface area contributed by atoms with E-state index in [1.54, 1.807) is 12.1 Å². The monoisotopic (exact) mass is 274 g/mol. The van der Waals surface area contributed by atoms with E-state index in [-0.39, 0.29) is 36.1 Å². The van der Waals surface area contributed by atoms with Crippen molar-refractivity contribution >= 4 is 17.5 Å². The molecule has 0 aromatic heterocycles. The molecular weight excluding hydrogens is 259 g/mol. The molecular formula is C15H15FN2O2. The van der Waals surface area contributed by atoms with E-state index in [9.17, 15) is 14.0 Å². The number of fused-ring (bicyclic) bond motifs is 1. The van der Waals surface area contributed by atoms with Crippen LogP contribution in [0.3, 0.4) is 0 Å². The van der Waals surface area contributed by atoms with Crippen LogP contribution in [0.4, 0.5) is 10.1 Å². The molecule has 2 atom stereocenters. The van der Waals surface area contributed by atoms with Crippen molar-refractivity contribution in [3.8, 4) is 0 Å². The van der Waals surface area contributed by atoms with Crippen LogP contribution in [-0.4, -0.2) is 23.4 Å². The number of carbonyl (C=O) groups excluding carboxylic acids is 2. The van der Waals surface area contributed by atoms with Crippen molar-refractivity contribution in [1.82, 2.24) is 4.90 Å². The van der Waals surface area contributed by atoms with Crippen LogP contribution in [0.5, 0.6) is 0 Å². The van der Waals surface area contributed by atoms with Crippen LogP contribution in [0.15, 0.2) is 36.4 Å². The molecule has 1 aromatic rings. The Balaban J connectivity index is 1.67. The largest absolute Gasteiger partial charge is 0.367 e. The van der Waals surface area contributed by atoms with Gasteiger partial charge in [0.2, 0.25) is 11.8 Å². The first-order valence-electron chi connectivity index (χ1n) is 6.66. The number of rotatable bonds is 3. The molecule has 2 unspecified atom stereocenters. The lowest BCUT2D eigenvalue weighted by Crippen LogP contribution is -2.35. The van der Waals surface area contributed by atoms with Gasteiger partial charge in [-0.25, -0.2) is 4.39 Å². The number of imide groups is 1. The van der Waals surface area contributed by atoms with Crippen LogP contribution in [0.2, 0.25) is 0 Å². The fraction of sp³-hybridized carbons (Fsp3) is 0.333. The molecule has 1 aromatic carbocycles. The third-order valence-corrected chi connectivity index (χ3v) is 3.88. The van der Waals surface area contributed by atoms with E-state index in [2.05, 4.69) is 5.32 Å². The number of carbonyl (C=O) groups is 2. The summed E-state index contributed by atoms with van der Waals surface area (Å²) < 4.78 is 12.8. The third-order valence-electron chi connectivity index (χ3n) is 3.88. The first-order valence-corrected chi connectivity index (χ1v) is 6.66. The molecule has 3 rings (SSSR count). The topological polar surface area (TPSA) is 49.4 Å². The molecule has 104 valence electrons. The molecule has 1 saturated heterocycles. The summed E-state index contributed by atoms with van der Waals surface area (Å²) in [5.41, 5.74) is 0.681. The van der Waals surface area contributed by atoms with Gasteiger partial charge >= 0.3 is 0 Å². The van der Waals surface area contributed by atoms with E-state index in [0.717, 1.165) is 0 Å². The number of hydrogen-bond acceptors (Lipinski definition) is 3. The number of anilines is 1. The number of allylic oxidation sites excluding steroid dienone is 2. The van der Waals surface area contributed by atoms with E-state index in [4.69, 9.17) is 0 Å². The third kappa shape index (κ3) is 2.19. The summed E-state index contributed by atoms with van der Waals surface area (Å²) in [4.78, 5) is 25.7. The highest BCUT2D eigenvalue weighted by molar-refractivity contribution is 6.05. The minimum absolute atomic E-state index is 0.112. The molecule has 5 heteroatoms. The first-order chi connectivity index (χ1) is 9.66. The van der Waals surface area contributed by atoms with Gasteiger partial charge in [-0.1, -0.05) is 12.2 Å². The Morgan fingerprint density at radius 2 is 1.60 bits per heavy atom. The average molecular weight is 274 g/mol. The fourth-order valence-corrected chi connectivity index (χ4v) is 2.76. The molecule has 0 saturated carbocycles. The highest BCUT2D eigenvalue weighted by atomic mass is 19.1. The van der Waals surface area contributed by atoms with Crippen LogP contribution in [0.1, 0.15) is 12.8 Å². The summed E-state index contributed by atoms with van der Waals surface area (Å²) in [7, 11) is 0. The maximum absolute atomic E-state index is 12.8. The summed E-state index contributed by atoms with van der Waals surface area (Å²) in [6.45, 7) is 0.135. The van der Waals surface area contributed by atoms with Gasteiger partial charge in [-0.3, -0.25) is 14.5 Å². The number of benzene rings is 1. The van der Waals surface area contributed by atoms with Crippen LogP contribution < -0.4 is 5.32 Å². The average Bonchev–Trinajstić information content (AvgIpc) is 2.71. The summed E-state index contributed by atoms with van der Waals surface area (Å²) >= 11 is 0. The van der Waals surface area contributed by atoms with Crippen LogP contribution in [0.25, 0.3) is 0 Å². The molecule has 1 aliphatic carbocycles. The molecule has 1 N–H and O–H groups in total. The minimum Gasteiger partial charge on any atom is -0.367 e. The number of hydrogen-bond donors (Lipinski definition) is 1. The van der Waals surface area contributed by atoms with E-state index < -0.39 is 0 Å². The van der Waals surface area contributed by atoms with Gasteiger partial charge < -0.3 is 5.32 Å². The second-order valence-electron chi connectivity index (χ2n) is 5.10. The van der Waals surface area contributed by atoms with Crippen molar-refractivity contribution in [2.24, 2.45) is 11.8 Å². The molecule has 2 amide bonds. The molecule has 0 spiro atoms. The van der Waals surface area contributed by atoms with Gasteiger partial charge in [0.05, 0.1) is 18.5 Å². The van der Waals surface area contributed by atoms with Gasteiger partial charge in [0.1, 0.15) is 5.82 Å². The lowest BCUT2D eigenvalue weighted by Gasteiger charge is -2.16. The molecule has 2 aliphatic rings. The molecule has 1 heterocycles. The van der Waals surface area contributed by atoms with Crippen molar-refractivity contribution < 1.29 is 14.0 Å². The van der Waals surface area contributed by atoms with Crippen molar-refractivity contribution in [2.75, 3.05) is 12.0 Å². The van der Waals surface area contributed by atoms with E-state index in [1.807, 2.05) is 12.2 Å². The maximum Gasteiger partial charge on any atom is 0.234 e. The Kier molecular flexibility index (Phi) is 3.26. The van der Waals surface area contributed by atoms with Crippen LogP contribution in [0, 0.1) is 17.7 Å². The maximum atomic E-state index is 12.8. The quantitative estimate of drug-likeness (QED) is 0.678. The SMILES string of the molecule is O=C1C2CC=CCC2C(=O)N1CNc1ccc(F)cc1. The van der Waals surface area contributed by atoms with Crippen molar-refractivity contribution in [3.63, 3.8) is 0 Å². The Bertz CT molecular complexity index is 542. The van der Waals surface area contributed by atoms with Crippen LogP contribution >= 0.6 is 0 Å². The van der Waals surface area contributed by atoms with Gasteiger partial charge in [0.25, 0.3) is 0 Å². The molecule has 20 heavy (non-hydrogen) atoms. The minimum atomic E-state index is -0.319. The smallest absolute Gasteiger partial charge is 0.234 e. The zero-order valence-corrected chi connectivity index (χ0v) is 10.9. The highest BCUT2D eigenvalue weighted by Crippen LogP contribution is 2.34. The number of nitrogens with one attached hydrogen (secondary N) is 1. The zero-order chi connectivity index (χ0) is 14.1. The molecule has 0 bridgehead atoms. The first kappa shape index (κ1) is 12.8. The summed E-state index contributed by atoms with van der Waals surface area (Å²) in [6.07, 6.45) is 5.21. The molecule has 4 nitrogen and oxygen atoms in total. The predicted molar refractivity (Wildman–Crippen MR) is 72.1 cm³/mol. The molecule has 1 aliphatic heterocycles. The van der Waals surface area contributed by atoms with Crippen molar-refractivity contribution in [2.45, 2.75) is 12.8 Å². The number of likely N-dealkylation sites (tertiary alicyclic amines) is 1. The van der Waals surface area contributed by atoms with E-state index in [0.29, 0.717) is 18.5 Å². The lowest BCUT2D eigenvalue weighted by atomic mass is 9.85. The highest BCUT2D eigenvalue weighted by Gasteiger charge is 2.46. The standard InChI is InChI=1S/C15H15FN2O2/c16-10-5-7-11(8-6-10)17-9-18-14(19)12-3-1-2-4-13(12)15(18)20/h1-2,5-8,12-13,17H,3-4,9H2. The summed E-state index contributed by atoms with van der Waals surface area (Å²) in [5, 5.41) is 2.98. The van der Waals surface area contributed by atoms with Crippen molar-refractivity contribution in [1.29, 1.82) is 0 Å². The fourth-order valence-electron chi connectivity index (χ4n) is 2.76. The normalized spacial score (nSPS) is 24.9. The number of nitrogens with zero attached hydrogens (tertiary/aromatic N) is 1. The van der Waals surface area contributed by atoms with Gasteiger partial charge in [0.15, 0.2) is 0 Å². The number of amides is 2. The lowest BCUT2D eigenvalue weighted by molar-refractivity contribution is -0.139. The Morgan fingerprint density at radius 3 is 2.15 bits per heavy atom. The molecule has 1 fully saturated rings. The van der Waals surface area contributed by atoms with Crippen LogP contribution in [-0.2, 0) is 9.59 Å². The summed E-state index contributed by atoms with van der Waals surface area (Å²) in [5.74, 6) is -0.955. The van der Waals surface area contributed by atoms with E-state index >= 15 is 0 Å². The zero-order valence-electron chi connectivity index (χ0n) is 10.9. The van der Waals surface area contributed by atoms with E-state index in [1.165, 1.54) is 17.0 Å². The Morgan fingerprint density at radius 1 is 1.05 bits per heavy atom. The Labute approximate surface area is 116 Å². The Hall–Kier alpha value is -2.17. The molecule has 0 radical (unpaired) electrons. The second-order valence-corrected chi connectivity index (χ2v) is 5.10. The number of halogens is 1. The predicted octanol–water partition coefficient (Wildman–Crippen LogP) is 2.15. The van der Waals surface area contributed by atoms with Gasteiger partial charge in [-0.15, -0.1) is 0 Å².